The molecule has 2 N–H and O–H groups in total. The van der Waals surface area contributed by atoms with Gasteiger partial charge in [0.1, 0.15) is 5.78 Å². The smallest absolute Gasteiger partial charge is 0.253 e. The van der Waals surface area contributed by atoms with Crippen molar-refractivity contribution >= 4 is 17.6 Å². The van der Waals surface area contributed by atoms with Gasteiger partial charge in [-0.3, -0.25) is 19.3 Å². The van der Waals surface area contributed by atoms with E-state index in [1.165, 1.54) is 24.0 Å². The Morgan fingerprint density at radius 2 is 1.88 bits per heavy atom. The number of carbonyl (C=O) groups is 3. The monoisotopic (exact) mass is 224 g/mol. The van der Waals surface area contributed by atoms with Crippen molar-refractivity contribution in [3.05, 3.63) is 12.2 Å². The van der Waals surface area contributed by atoms with Gasteiger partial charge in [0.15, 0.2) is 0 Å². The van der Waals surface area contributed by atoms with Gasteiger partial charge in [-0.2, -0.15) is 0 Å². The molecule has 0 aliphatic carbocycles. The standard InChI is InChI=1S/C11H16N2O3/c1-8(14)9(12)4-2-3-7-13-10(15)5-6-11(13)16/h5-6,9H,2-4,7,12H2,1H3/t9-/m0/s1. The molecule has 2 amide bonds. The summed E-state index contributed by atoms with van der Waals surface area (Å²) in [7, 11) is 0. The summed E-state index contributed by atoms with van der Waals surface area (Å²) in [6.07, 6.45) is 4.55. The van der Waals surface area contributed by atoms with Crippen LogP contribution in [0.15, 0.2) is 12.2 Å². The van der Waals surface area contributed by atoms with E-state index in [0.717, 1.165) is 6.42 Å². The molecule has 1 atom stereocenters. The largest absolute Gasteiger partial charge is 0.322 e. The van der Waals surface area contributed by atoms with E-state index in [1.54, 1.807) is 0 Å². The van der Waals surface area contributed by atoms with E-state index >= 15 is 0 Å². The van der Waals surface area contributed by atoms with E-state index in [9.17, 15) is 14.4 Å². The van der Waals surface area contributed by atoms with Gasteiger partial charge in [0.05, 0.1) is 6.04 Å². The zero-order valence-electron chi connectivity index (χ0n) is 9.31. The second-order valence-corrected chi connectivity index (χ2v) is 3.87. The van der Waals surface area contributed by atoms with Crippen molar-refractivity contribution in [3.63, 3.8) is 0 Å². The van der Waals surface area contributed by atoms with Gasteiger partial charge in [0.25, 0.3) is 11.8 Å². The van der Waals surface area contributed by atoms with Crippen LogP contribution in [0.1, 0.15) is 26.2 Å². The van der Waals surface area contributed by atoms with Crippen molar-refractivity contribution in [3.8, 4) is 0 Å². The van der Waals surface area contributed by atoms with Crippen LogP contribution in [0, 0.1) is 0 Å². The summed E-state index contributed by atoms with van der Waals surface area (Å²) in [6.45, 7) is 1.86. The molecule has 1 aliphatic rings. The quantitative estimate of drug-likeness (QED) is 0.508. The maximum atomic E-state index is 11.2. The molecule has 0 radical (unpaired) electrons. The number of nitrogens with zero attached hydrogens (tertiary/aromatic N) is 1. The Hall–Kier alpha value is -1.49. The average molecular weight is 224 g/mol. The first-order chi connectivity index (χ1) is 7.52. The Balaban J connectivity index is 2.19. The van der Waals surface area contributed by atoms with Crippen LogP contribution in [0.3, 0.4) is 0 Å². The first-order valence-corrected chi connectivity index (χ1v) is 5.32. The number of unbranched alkanes of at least 4 members (excludes halogenated alkanes) is 1. The third-order valence-electron chi connectivity index (χ3n) is 2.57. The predicted octanol–water partition coefficient (Wildman–Crippen LogP) is -0.00200. The van der Waals surface area contributed by atoms with Gasteiger partial charge >= 0.3 is 0 Å². The Kier molecular flexibility index (Phi) is 4.37. The second kappa shape index (κ2) is 5.55. The molecule has 0 spiro atoms. The molecule has 0 saturated heterocycles. The van der Waals surface area contributed by atoms with Gasteiger partial charge in [0.2, 0.25) is 0 Å². The Morgan fingerprint density at radius 3 is 2.38 bits per heavy atom. The van der Waals surface area contributed by atoms with Crippen LogP contribution in [-0.4, -0.2) is 35.1 Å². The topological polar surface area (TPSA) is 80.5 Å². The van der Waals surface area contributed by atoms with E-state index in [2.05, 4.69) is 0 Å². The molecular weight excluding hydrogens is 208 g/mol. The second-order valence-electron chi connectivity index (χ2n) is 3.87. The van der Waals surface area contributed by atoms with Crippen LogP contribution in [0.2, 0.25) is 0 Å². The minimum Gasteiger partial charge on any atom is -0.322 e. The number of rotatable bonds is 6. The molecule has 1 heterocycles. The Morgan fingerprint density at radius 1 is 1.31 bits per heavy atom. The molecule has 0 bridgehead atoms. The summed E-state index contributed by atoms with van der Waals surface area (Å²) in [6, 6.07) is -0.428. The van der Waals surface area contributed by atoms with Crippen LogP contribution in [0.4, 0.5) is 0 Å². The van der Waals surface area contributed by atoms with Gasteiger partial charge < -0.3 is 5.73 Å². The molecule has 0 fully saturated rings. The number of hydrogen-bond donors (Lipinski definition) is 1. The molecule has 0 saturated carbocycles. The third kappa shape index (κ3) is 3.27. The zero-order chi connectivity index (χ0) is 12.1. The van der Waals surface area contributed by atoms with Crippen LogP contribution < -0.4 is 5.73 Å². The van der Waals surface area contributed by atoms with Crippen LogP contribution in [0.5, 0.6) is 0 Å². The lowest BCUT2D eigenvalue weighted by molar-refractivity contribution is -0.136. The van der Waals surface area contributed by atoms with E-state index in [0.29, 0.717) is 19.4 Å². The van der Waals surface area contributed by atoms with Crippen LogP contribution in [0.25, 0.3) is 0 Å². The molecule has 0 aromatic rings. The third-order valence-corrected chi connectivity index (χ3v) is 2.57. The van der Waals surface area contributed by atoms with Crippen molar-refractivity contribution in [1.82, 2.24) is 4.90 Å². The first kappa shape index (κ1) is 12.6. The number of Topliss-reactive ketones (excluding diaryl/α,β-unsaturated/α-hetero) is 1. The summed E-state index contributed by atoms with van der Waals surface area (Å²) >= 11 is 0. The van der Waals surface area contributed by atoms with E-state index in [-0.39, 0.29) is 17.6 Å². The fourth-order valence-corrected chi connectivity index (χ4v) is 1.49. The minimum absolute atomic E-state index is 0.0324. The number of hydrogen-bond acceptors (Lipinski definition) is 4. The molecule has 88 valence electrons. The molecule has 0 aromatic carbocycles. The number of imide groups is 1. The van der Waals surface area contributed by atoms with E-state index in [4.69, 9.17) is 5.73 Å². The molecule has 16 heavy (non-hydrogen) atoms. The molecule has 5 heteroatoms. The lowest BCUT2D eigenvalue weighted by Gasteiger charge is -2.13. The highest BCUT2D eigenvalue weighted by atomic mass is 16.2. The highest BCUT2D eigenvalue weighted by Gasteiger charge is 2.22. The summed E-state index contributed by atoms with van der Waals surface area (Å²) in [5.41, 5.74) is 5.56. The number of ketones is 1. The maximum absolute atomic E-state index is 11.2. The van der Waals surface area contributed by atoms with E-state index in [1.807, 2.05) is 0 Å². The first-order valence-electron chi connectivity index (χ1n) is 5.32. The lowest BCUT2D eigenvalue weighted by Crippen LogP contribution is -2.32. The van der Waals surface area contributed by atoms with Gasteiger partial charge in [-0.15, -0.1) is 0 Å². The van der Waals surface area contributed by atoms with Gasteiger partial charge in [-0.25, -0.2) is 0 Å². The van der Waals surface area contributed by atoms with Crippen molar-refractivity contribution < 1.29 is 14.4 Å². The van der Waals surface area contributed by atoms with Crippen LogP contribution >= 0.6 is 0 Å². The summed E-state index contributed by atoms with van der Waals surface area (Å²) < 4.78 is 0. The van der Waals surface area contributed by atoms with E-state index < -0.39 is 6.04 Å². The fourth-order valence-electron chi connectivity index (χ4n) is 1.49. The molecule has 1 rings (SSSR count). The summed E-state index contributed by atoms with van der Waals surface area (Å²) in [5, 5.41) is 0. The van der Waals surface area contributed by atoms with Gasteiger partial charge in [-0.05, 0) is 26.2 Å². The number of carbonyl (C=O) groups excluding carboxylic acids is 3. The van der Waals surface area contributed by atoms with Crippen molar-refractivity contribution in [2.24, 2.45) is 5.73 Å². The SMILES string of the molecule is CC(=O)[C@@H](N)CCCCN1C(=O)C=CC1=O. The lowest BCUT2D eigenvalue weighted by atomic mass is 10.1. The maximum Gasteiger partial charge on any atom is 0.253 e. The Labute approximate surface area is 94.3 Å². The summed E-state index contributed by atoms with van der Waals surface area (Å²) in [4.78, 5) is 34.4. The van der Waals surface area contributed by atoms with Gasteiger partial charge in [-0.1, -0.05) is 0 Å². The summed E-state index contributed by atoms with van der Waals surface area (Å²) in [5.74, 6) is -0.559. The highest BCUT2D eigenvalue weighted by Crippen LogP contribution is 2.07. The normalized spacial score (nSPS) is 17.0. The minimum atomic E-state index is -0.428. The number of amides is 2. The van der Waals surface area contributed by atoms with Gasteiger partial charge in [0, 0.05) is 18.7 Å². The zero-order valence-corrected chi connectivity index (χ0v) is 9.31. The average Bonchev–Trinajstić information content (AvgIpc) is 2.54. The highest BCUT2D eigenvalue weighted by molar-refractivity contribution is 6.12. The molecular formula is C11H16N2O3. The van der Waals surface area contributed by atoms with Crippen molar-refractivity contribution in [1.29, 1.82) is 0 Å². The van der Waals surface area contributed by atoms with Crippen molar-refractivity contribution in [2.45, 2.75) is 32.2 Å². The number of nitrogens with two attached hydrogens (primary N) is 1. The van der Waals surface area contributed by atoms with Crippen molar-refractivity contribution in [2.75, 3.05) is 6.54 Å². The Bertz CT molecular complexity index is 318. The molecule has 0 unspecified atom stereocenters. The molecule has 5 nitrogen and oxygen atoms in total. The van der Waals surface area contributed by atoms with Crippen LogP contribution in [-0.2, 0) is 14.4 Å². The fraction of sp³-hybridized carbons (Fsp3) is 0.545. The molecule has 0 aromatic heterocycles. The predicted molar refractivity (Wildman–Crippen MR) is 58.4 cm³/mol. The molecule has 1 aliphatic heterocycles.